The number of nitrogens with two attached hydrogens (primary N) is 1. The van der Waals surface area contributed by atoms with E-state index in [9.17, 15) is 9.59 Å². The lowest BCUT2D eigenvalue weighted by atomic mass is 10.1. The van der Waals surface area contributed by atoms with Gasteiger partial charge in [0, 0.05) is 32.6 Å². The number of likely N-dealkylation sites (tertiary alicyclic amines) is 1. The minimum absolute atomic E-state index is 0. The zero-order valence-electron chi connectivity index (χ0n) is 13.6. The molecule has 5 nitrogen and oxygen atoms in total. The number of amides is 2. The van der Waals surface area contributed by atoms with Gasteiger partial charge in [-0.25, -0.2) is 0 Å². The Bertz CT molecular complexity index is 510. The van der Waals surface area contributed by atoms with Gasteiger partial charge in [0.1, 0.15) is 0 Å². The Morgan fingerprint density at radius 3 is 2.61 bits per heavy atom. The largest absolute Gasteiger partial charge is 0.342 e. The molecule has 1 aliphatic rings. The van der Waals surface area contributed by atoms with Crippen LogP contribution in [0.15, 0.2) is 30.3 Å². The zero-order chi connectivity index (χ0) is 15.9. The van der Waals surface area contributed by atoms with Gasteiger partial charge in [0.2, 0.25) is 11.8 Å². The predicted molar refractivity (Wildman–Crippen MR) is 93.1 cm³/mol. The summed E-state index contributed by atoms with van der Waals surface area (Å²) in [5.41, 5.74) is 6.69. The van der Waals surface area contributed by atoms with Crippen LogP contribution in [0.2, 0.25) is 0 Å². The van der Waals surface area contributed by atoms with Crippen molar-refractivity contribution >= 4 is 24.2 Å². The maximum absolute atomic E-state index is 12.8. The number of hydrogen-bond donors (Lipinski definition) is 1. The van der Waals surface area contributed by atoms with Crippen molar-refractivity contribution in [2.75, 3.05) is 26.2 Å². The lowest BCUT2D eigenvalue weighted by Crippen LogP contribution is -2.38. The Balaban J connectivity index is 0.00000264. The van der Waals surface area contributed by atoms with E-state index in [0.29, 0.717) is 39.1 Å². The molecule has 0 aromatic heterocycles. The molecule has 2 rings (SSSR count). The van der Waals surface area contributed by atoms with E-state index in [1.165, 1.54) is 0 Å². The van der Waals surface area contributed by atoms with Crippen LogP contribution >= 0.6 is 12.4 Å². The van der Waals surface area contributed by atoms with Gasteiger partial charge in [-0.2, -0.15) is 0 Å². The number of benzene rings is 1. The summed E-state index contributed by atoms with van der Waals surface area (Å²) in [5, 5.41) is 0. The van der Waals surface area contributed by atoms with Gasteiger partial charge < -0.3 is 15.5 Å². The molecule has 1 saturated heterocycles. The summed E-state index contributed by atoms with van der Waals surface area (Å²) in [5.74, 6) is -0.0603. The lowest BCUT2D eigenvalue weighted by Gasteiger charge is -2.25. The number of rotatable bonds is 7. The molecule has 1 aromatic carbocycles. The molecule has 1 aliphatic heterocycles. The molecule has 1 unspecified atom stereocenters. The van der Waals surface area contributed by atoms with Crippen molar-refractivity contribution in [1.82, 2.24) is 9.80 Å². The van der Waals surface area contributed by atoms with Gasteiger partial charge in [-0.3, -0.25) is 9.59 Å². The molecule has 2 amide bonds. The van der Waals surface area contributed by atoms with Crippen LogP contribution in [0.5, 0.6) is 0 Å². The Morgan fingerprint density at radius 2 is 2.04 bits per heavy atom. The molecule has 0 radical (unpaired) electrons. The fourth-order valence-electron chi connectivity index (χ4n) is 2.85. The normalized spacial score (nSPS) is 17.0. The van der Waals surface area contributed by atoms with Crippen molar-refractivity contribution in [3.05, 3.63) is 35.9 Å². The predicted octanol–water partition coefficient (Wildman–Crippen LogP) is 1.65. The zero-order valence-corrected chi connectivity index (χ0v) is 14.4. The molecule has 1 aromatic rings. The molecule has 23 heavy (non-hydrogen) atoms. The molecule has 0 spiro atoms. The van der Waals surface area contributed by atoms with Crippen molar-refractivity contribution in [2.24, 2.45) is 11.7 Å². The quantitative estimate of drug-likeness (QED) is 0.821. The number of halogens is 1. The third kappa shape index (κ3) is 5.22. The number of hydrogen-bond acceptors (Lipinski definition) is 3. The molecule has 1 fully saturated rings. The van der Waals surface area contributed by atoms with Crippen molar-refractivity contribution in [3.8, 4) is 0 Å². The molecule has 2 N–H and O–H groups in total. The lowest BCUT2D eigenvalue weighted by molar-refractivity contribution is -0.136. The van der Waals surface area contributed by atoms with Crippen molar-refractivity contribution < 1.29 is 9.59 Å². The smallest absolute Gasteiger partial charge is 0.228 e. The standard InChI is InChI=1S/C17H25N3O2.ClH/c1-2-19-13-15(11-16(19)21)17(22)20(10-6-9-18)12-14-7-4-3-5-8-14;/h3-5,7-8,15H,2,6,9-13,18H2,1H3;1H. The van der Waals surface area contributed by atoms with E-state index in [2.05, 4.69) is 0 Å². The summed E-state index contributed by atoms with van der Waals surface area (Å²) in [7, 11) is 0. The summed E-state index contributed by atoms with van der Waals surface area (Å²) in [6, 6.07) is 9.93. The molecule has 1 atom stereocenters. The molecule has 0 bridgehead atoms. The summed E-state index contributed by atoms with van der Waals surface area (Å²) in [4.78, 5) is 28.2. The van der Waals surface area contributed by atoms with Crippen LogP contribution in [0.4, 0.5) is 0 Å². The monoisotopic (exact) mass is 339 g/mol. The van der Waals surface area contributed by atoms with Crippen LogP contribution in [0, 0.1) is 5.92 Å². The molecule has 0 aliphatic carbocycles. The Hall–Kier alpha value is -1.59. The van der Waals surface area contributed by atoms with E-state index >= 15 is 0 Å². The van der Waals surface area contributed by atoms with Crippen molar-refractivity contribution in [2.45, 2.75) is 26.3 Å². The number of carbonyl (C=O) groups excluding carboxylic acids is 2. The first-order valence-corrected chi connectivity index (χ1v) is 7.96. The Morgan fingerprint density at radius 1 is 1.35 bits per heavy atom. The number of nitrogens with zero attached hydrogens (tertiary/aromatic N) is 2. The third-order valence-electron chi connectivity index (χ3n) is 4.11. The van der Waals surface area contributed by atoms with Crippen LogP contribution in [-0.2, 0) is 16.1 Å². The number of carbonyl (C=O) groups is 2. The topological polar surface area (TPSA) is 66.6 Å². The summed E-state index contributed by atoms with van der Waals surface area (Å²) >= 11 is 0. The van der Waals surface area contributed by atoms with Crippen LogP contribution < -0.4 is 5.73 Å². The molecular weight excluding hydrogens is 314 g/mol. The van der Waals surface area contributed by atoms with Gasteiger partial charge in [-0.15, -0.1) is 12.4 Å². The first kappa shape index (κ1) is 19.5. The third-order valence-corrected chi connectivity index (χ3v) is 4.11. The first-order valence-electron chi connectivity index (χ1n) is 7.96. The second-order valence-corrected chi connectivity index (χ2v) is 5.72. The molecule has 128 valence electrons. The summed E-state index contributed by atoms with van der Waals surface area (Å²) in [6.07, 6.45) is 1.11. The van der Waals surface area contributed by atoms with E-state index in [1.807, 2.05) is 42.2 Å². The van der Waals surface area contributed by atoms with Crippen molar-refractivity contribution in [3.63, 3.8) is 0 Å². The first-order chi connectivity index (χ1) is 10.7. The van der Waals surface area contributed by atoms with E-state index in [1.54, 1.807) is 4.90 Å². The van der Waals surface area contributed by atoms with E-state index < -0.39 is 0 Å². The van der Waals surface area contributed by atoms with Crippen LogP contribution in [0.1, 0.15) is 25.3 Å². The highest BCUT2D eigenvalue weighted by atomic mass is 35.5. The summed E-state index contributed by atoms with van der Waals surface area (Å²) < 4.78 is 0. The maximum atomic E-state index is 12.8. The van der Waals surface area contributed by atoms with Gasteiger partial charge >= 0.3 is 0 Å². The van der Waals surface area contributed by atoms with Gasteiger partial charge in [-0.05, 0) is 25.5 Å². The van der Waals surface area contributed by atoms with Gasteiger partial charge in [0.15, 0.2) is 0 Å². The van der Waals surface area contributed by atoms with Crippen LogP contribution in [-0.4, -0.2) is 47.8 Å². The highest BCUT2D eigenvalue weighted by Gasteiger charge is 2.35. The van der Waals surface area contributed by atoms with Gasteiger partial charge in [-0.1, -0.05) is 30.3 Å². The minimum atomic E-state index is -0.214. The van der Waals surface area contributed by atoms with Gasteiger partial charge in [0.05, 0.1) is 5.92 Å². The fourth-order valence-corrected chi connectivity index (χ4v) is 2.85. The van der Waals surface area contributed by atoms with Crippen LogP contribution in [0.3, 0.4) is 0 Å². The fraction of sp³-hybridized carbons (Fsp3) is 0.529. The average molecular weight is 340 g/mol. The molecule has 1 heterocycles. The van der Waals surface area contributed by atoms with E-state index in [4.69, 9.17) is 5.73 Å². The highest BCUT2D eigenvalue weighted by Crippen LogP contribution is 2.21. The second kappa shape index (κ2) is 9.53. The second-order valence-electron chi connectivity index (χ2n) is 5.72. The average Bonchev–Trinajstić information content (AvgIpc) is 2.92. The molecular formula is C17H26ClN3O2. The molecule has 0 saturated carbocycles. The maximum Gasteiger partial charge on any atom is 0.228 e. The minimum Gasteiger partial charge on any atom is -0.342 e. The Labute approximate surface area is 144 Å². The van der Waals surface area contributed by atoms with E-state index in [0.717, 1.165) is 12.0 Å². The summed E-state index contributed by atoms with van der Waals surface area (Å²) in [6.45, 7) is 4.94. The SMILES string of the molecule is CCN1CC(C(=O)N(CCCN)Cc2ccccc2)CC1=O.Cl. The van der Waals surface area contributed by atoms with Crippen LogP contribution in [0.25, 0.3) is 0 Å². The van der Waals surface area contributed by atoms with E-state index in [-0.39, 0.29) is 30.1 Å². The highest BCUT2D eigenvalue weighted by molar-refractivity contribution is 5.89. The van der Waals surface area contributed by atoms with Gasteiger partial charge in [0.25, 0.3) is 0 Å². The Kier molecular flexibility index (Phi) is 8.06. The van der Waals surface area contributed by atoms with Crippen molar-refractivity contribution in [1.29, 1.82) is 0 Å². The molecule has 6 heteroatoms.